The number of nitrogens with one attached hydrogen (secondary N) is 1. The van der Waals surface area contributed by atoms with Crippen molar-refractivity contribution < 1.29 is 4.74 Å². The molecular weight excluding hydrogens is 224 g/mol. The molecule has 0 atom stereocenters. The number of ether oxygens (including phenoxy) is 1. The van der Waals surface area contributed by atoms with Crippen LogP contribution in [0.5, 0.6) is 5.75 Å². The van der Waals surface area contributed by atoms with Gasteiger partial charge in [-0.3, -0.25) is 4.98 Å². The van der Waals surface area contributed by atoms with E-state index >= 15 is 0 Å². The Bertz CT molecular complexity index is 511. The highest BCUT2D eigenvalue weighted by Crippen LogP contribution is 2.25. The van der Waals surface area contributed by atoms with E-state index in [1.54, 1.807) is 0 Å². The predicted octanol–water partition coefficient (Wildman–Crippen LogP) is 3.13. The van der Waals surface area contributed by atoms with Crippen LogP contribution in [0.4, 0.5) is 0 Å². The van der Waals surface area contributed by atoms with Gasteiger partial charge in [0.2, 0.25) is 0 Å². The topological polar surface area (TPSA) is 34.1 Å². The van der Waals surface area contributed by atoms with Crippen molar-refractivity contribution in [2.24, 2.45) is 0 Å². The minimum absolute atomic E-state index is 0.759. The van der Waals surface area contributed by atoms with E-state index in [-0.39, 0.29) is 0 Å². The first-order valence-corrected chi connectivity index (χ1v) is 6.51. The van der Waals surface area contributed by atoms with Gasteiger partial charge in [-0.1, -0.05) is 25.5 Å². The highest BCUT2D eigenvalue weighted by Gasteiger charge is 2.06. The molecule has 2 rings (SSSR count). The monoisotopic (exact) mass is 244 g/mol. The fraction of sp³-hybridized carbons (Fsp3) is 0.400. The summed E-state index contributed by atoms with van der Waals surface area (Å²) in [6.07, 6.45) is 2.23. The van der Waals surface area contributed by atoms with Crippen LogP contribution in [0.15, 0.2) is 30.3 Å². The minimum atomic E-state index is 0.759. The summed E-state index contributed by atoms with van der Waals surface area (Å²) < 4.78 is 5.88. The predicted molar refractivity (Wildman–Crippen MR) is 74.9 cm³/mol. The molecule has 1 aromatic heterocycles. The summed E-state index contributed by atoms with van der Waals surface area (Å²) in [7, 11) is 1.93. The molecular formula is C15H20N2O. The van der Waals surface area contributed by atoms with E-state index < -0.39 is 0 Å². The van der Waals surface area contributed by atoms with Gasteiger partial charge in [-0.25, -0.2) is 0 Å². The van der Waals surface area contributed by atoms with Crippen LogP contribution in [-0.2, 0) is 6.54 Å². The summed E-state index contributed by atoms with van der Waals surface area (Å²) in [4.78, 5) is 4.61. The van der Waals surface area contributed by atoms with Crippen molar-refractivity contribution in [1.29, 1.82) is 0 Å². The van der Waals surface area contributed by atoms with E-state index in [9.17, 15) is 0 Å². The second-order valence-electron chi connectivity index (χ2n) is 4.36. The molecule has 0 aliphatic rings. The first kappa shape index (κ1) is 12.8. The van der Waals surface area contributed by atoms with Crippen LogP contribution in [0.3, 0.4) is 0 Å². The molecule has 0 aliphatic carbocycles. The number of rotatable bonds is 6. The van der Waals surface area contributed by atoms with Crippen molar-refractivity contribution >= 4 is 10.9 Å². The van der Waals surface area contributed by atoms with E-state index in [1.807, 2.05) is 31.3 Å². The van der Waals surface area contributed by atoms with Gasteiger partial charge in [0.25, 0.3) is 0 Å². The first-order chi connectivity index (χ1) is 8.85. The highest BCUT2D eigenvalue weighted by atomic mass is 16.5. The van der Waals surface area contributed by atoms with E-state index in [2.05, 4.69) is 23.3 Å². The van der Waals surface area contributed by atoms with E-state index in [4.69, 9.17) is 4.74 Å². The first-order valence-electron chi connectivity index (χ1n) is 6.51. The van der Waals surface area contributed by atoms with E-state index in [0.29, 0.717) is 0 Å². The van der Waals surface area contributed by atoms with Crippen LogP contribution in [0.1, 0.15) is 25.5 Å². The Labute approximate surface area is 108 Å². The summed E-state index contributed by atoms with van der Waals surface area (Å²) in [5.41, 5.74) is 2.01. The van der Waals surface area contributed by atoms with Crippen LogP contribution in [-0.4, -0.2) is 18.6 Å². The standard InChI is InChI=1S/C15H20N2O/c1-3-4-9-18-15-10-12(11-16-2)17-14-8-6-5-7-13(14)15/h5-8,10,16H,3-4,9,11H2,1-2H3. The largest absolute Gasteiger partial charge is 0.493 e. The molecule has 3 heteroatoms. The zero-order chi connectivity index (χ0) is 12.8. The summed E-state index contributed by atoms with van der Waals surface area (Å²) in [5, 5.41) is 4.22. The second kappa shape index (κ2) is 6.36. The maximum Gasteiger partial charge on any atom is 0.130 e. The number of hydrogen-bond donors (Lipinski definition) is 1. The molecule has 0 radical (unpaired) electrons. The lowest BCUT2D eigenvalue weighted by molar-refractivity contribution is 0.312. The molecule has 0 amide bonds. The molecule has 0 fully saturated rings. The Morgan fingerprint density at radius 1 is 1.28 bits per heavy atom. The average molecular weight is 244 g/mol. The molecule has 0 aliphatic heterocycles. The smallest absolute Gasteiger partial charge is 0.130 e. The van der Waals surface area contributed by atoms with Gasteiger partial charge in [-0.15, -0.1) is 0 Å². The summed E-state index contributed by atoms with van der Waals surface area (Å²) in [5.74, 6) is 0.944. The molecule has 2 aromatic rings. The van der Waals surface area contributed by atoms with Gasteiger partial charge in [0.15, 0.2) is 0 Å². The van der Waals surface area contributed by atoms with Crippen LogP contribution in [0, 0.1) is 0 Å². The molecule has 18 heavy (non-hydrogen) atoms. The third-order valence-corrected chi connectivity index (χ3v) is 2.84. The Morgan fingerprint density at radius 2 is 2.11 bits per heavy atom. The fourth-order valence-corrected chi connectivity index (χ4v) is 1.91. The Kier molecular flexibility index (Phi) is 4.53. The van der Waals surface area contributed by atoms with Crippen LogP contribution < -0.4 is 10.1 Å². The summed E-state index contributed by atoms with van der Waals surface area (Å²) in [6.45, 7) is 3.69. The lowest BCUT2D eigenvalue weighted by atomic mass is 10.2. The van der Waals surface area contributed by atoms with Gasteiger partial charge in [0.1, 0.15) is 5.75 Å². The van der Waals surface area contributed by atoms with Crippen molar-refractivity contribution in [3.05, 3.63) is 36.0 Å². The molecule has 3 nitrogen and oxygen atoms in total. The van der Waals surface area contributed by atoms with Crippen molar-refractivity contribution in [3.63, 3.8) is 0 Å². The van der Waals surface area contributed by atoms with Gasteiger partial charge in [-0.05, 0) is 25.6 Å². The van der Waals surface area contributed by atoms with Crippen molar-refractivity contribution in [2.75, 3.05) is 13.7 Å². The Balaban J connectivity index is 2.34. The quantitative estimate of drug-likeness (QED) is 0.793. The molecule has 96 valence electrons. The molecule has 0 saturated carbocycles. The van der Waals surface area contributed by atoms with Gasteiger partial charge >= 0.3 is 0 Å². The van der Waals surface area contributed by atoms with Crippen molar-refractivity contribution in [2.45, 2.75) is 26.3 Å². The third-order valence-electron chi connectivity index (χ3n) is 2.84. The SMILES string of the molecule is CCCCOc1cc(CNC)nc2ccccc12. The fourth-order valence-electron chi connectivity index (χ4n) is 1.91. The molecule has 0 spiro atoms. The number of fused-ring (bicyclic) bond motifs is 1. The van der Waals surface area contributed by atoms with Gasteiger partial charge < -0.3 is 10.1 Å². The van der Waals surface area contributed by atoms with Crippen LogP contribution in [0.25, 0.3) is 10.9 Å². The molecule has 1 N–H and O–H groups in total. The van der Waals surface area contributed by atoms with Crippen molar-refractivity contribution in [3.8, 4) is 5.75 Å². The van der Waals surface area contributed by atoms with Crippen LogP contribution in [0.2, 0.25) is 0 Å². The molecule has 0 bridgehead atoms. The number of pyridine rings is 1. The Hall–Kier alpha value is -1.61. The van der Waals surface area contributed by atoms with E-state index in [1.165, 1.54) is 0 Å². The maximum absolute atomic E-state index is 5.88. The lowest BCUT2D eigenvalue weighted by Gasteiger charge is -2.11. The maximum atomic E-state index is 5.88. The number of unbranched alkanes of at least 4 members (excludes halogenated alkanes) is 1. The zero-order valence-corrected chi connectivity index (χ0v) is 11.1. The zero-order valence-electron chi connectivity index (χ0n) is 11.1. The molecule has 1 aromatic carbocycles. The lowest BCUT2D eigenvalue weighted by Crippen LogP contribution is -2.08. The normalized spacial score (nSPS) is 10.8. The third kappa shape index (κ3) is 2.99. The van der Waals surface area contributed by atoms with E-state index in [0.717, 1.165) is 48.3 Å². The molecule has 0 saturated heterocycles. The Morgan fingerprint density at radius 3 is 2.89 bits per heavy atom. The highest BCUT2D eigenvalue weighted by molar-refractivity contribution is 5.85. The van der Waals surface area contributed by atoms with Crippen LogP contribution >= 0.6 is 0 Å². The summed E-state index contributed by atoms with van der Waals surface area (Å²) >= 11 is 0. The summed E-state index contributed by atoms with van der Waals surface area (Å²) in [6, 6.07) is 10.2. The number of hydrogen-bond acceptors (Lipinski definition) is 3. The number of nitrogens with zero attached hydrogens (tertiary/aromatic N) is 1. The van der Waals surface area contributed by atoms with Gasteiger partial charge in [-0.2, -0.15) is 0 Å². The van der Waals surface area contributed by atoms with Crippen molar-refractivity contribution in [1.82, 2.24) is 10.3 Å². The number of aromatic nitrogens is 1. The molecule has 1 heterocycles. The van der Waals surface area contributed by atoms with Gasteiger partial charge in [0, 0.05) is 18.0 Å². The number of benzene rings is 1. The number of para-hydroxylation sites is 1. The minimum Gasteiger partial charge on any atom is -0.493 e. The second-order valence-corrected chi connectivity index (χ2v) is 4.36. The molecule has 0 unspecified atom stereocenters. The average Bonchev–Trinajstić information content (AvgIpc) is 2.39. The van der Waals surface area contributed by atoms with Gasteiger partial charge in [0.05, 0.1) is 17.8 Å².